The first-order chi connectivity index (χ1) is 8.50. The van der Waals surface area contributed by atoms with E-state index in [2.05, 4.69) is 89.0 Å². The summed E-state index contributed by atoms with van der Waals surface area (Å²) in [6.07, 6.45) is 0. The van der Waals surface area contributed by atoms with Crippen LogP contribution in [-0.4, -0.2) is 0 Å². The average Bonchev–Trinajstić information content (AvgIpc) is 2.32. The summed E-state index contributed by atoms with van der Waals surface area (Å²) in [5.41, 5.74) is 6.58. The van der Waals surface area contributed by atoms with E-state index in [9.17, 15) is 0 Å². The first-order valence-corrected chi connectivity index (χ1v) is 7.68. The van der Waals surface area contributed by atoms with E-state index in [1.54, 1.807) is 0 Å². The topological polar surface area (TPSA) is 0 Å². The molecule has 0 amide bonds. The molecular weight excluding hydrogens is 352 g/mol. The first kappa shape index (κ1) is 13.8. The minimum Gasteiger partial charge on any atom is -0.0786 e. The van der Waals surface area contributed by atoms with Gasteiger partial charge < -0.3 is 0 Å². The maximum atomic E-state index is 3.83. The third-order valence-electron chi connectivity index (χ3n) is 3.28. The summed E-state index contributed by atoms with van der Waals surface area (Å²) in [5.74, 6) is 0. The SMILES string of the molecule is Cc1ccc(C(Br)c2cccc(Br)c2C)c(C)c1. The highest BCUT2D eigenvalue weighted by atomic mass is 79.9. The van der Waals surface area contributed by atoms with Crippen LogP contribution in [0.2, 0.25) is 0 Å². The van der Waals surface area contributed by atoms with Gasteiger partial charge in [-0.25, -0.2) is 0 Å². The average molecular weight is 368 g/mol. The molecule has 1 atom stereocenters. The smallest absolute Gasteiger partial charge is 0.0650 e. The fourth-order valence-corrected chi connectivity index (χ4v) is 3.57. The van der Waals surface area contributed by atoms with E-state index in [1.807, 2.05) is 0 Å². The van der Waals surface area contributed by atoms with Gasteiger partial charge in [-0.05, 0) is 49.1 Å². The molecule has 2 rings (SSSR count). The number of rotatable bonds is 2. The molecule has 0 bridgehead atoms. The fraction of sp³-hybridized carbons (Fsp3) is 0.250. The van der Waals surface area contributed by atoms with E-state index in [4.69, 9.17) is 0 Å². The lowest BCUT2D eigenvalue weighted by atomic mass is 9.96. The van der Waals surface area contributed by atoms with Crippen molar-refractivity contribution in [3.63, 3.8) is 0 Å². The molecule has 0 N–H and O–H groups in total. The molecule has 0 spiro atoms. The van der Waals surface area contributed by atoms with Crippen LogP contribution in [0.3, 0.4) is 0 Å². The molecule has 0 saturated carbocycles. The normalized spacial score (nSPS) is 12.5. The van der Waals surface area contributed by atoms with Gasteiger partial charge >= 0.3 is 0 Å². The lowest BCUT2D eigenvalue weighted by Crippen LogP contribution is -1.99. The molecule has 0 fully saturated rings. The van der Waals surface area contributed by atoms with E-state index in [0.29, 0.717) is 0 Å². The molecule has 94 valence electrons. The zero-order chi connectivity index (χ0) is 13.3. The second-order valence-corrected chi connectivity index (χ2v) is 6.45. The number of halogens is 2. The van der Waals surface area contributed by atoms with Gasteiger partial charge in [-0.3, -0.25) is 0 Å². The van der Waals surface area contributed by atoms with Gasteiger partial charge in [0.25, 0.3) is 0 Å². The predicted molar refractivity (Wildman–Crippen MR) is 85.6 cm³/mol. The molecule has 0 nitrogen and oxygen atoms in total. The quantitative estimate of drug-likeness (QED) is 0.583. The van der Waals surface area contributed by atoms with Gasteiger partial charge in [-0.15, -0.1) is 0 Å². The number of hydrogen-bond acceptors (Lipinski definition) is 0. The summed E-state index contributed by atoms with van der Waals surface area (Å²) in [6.45, 7) is 6.45. The molecule has 18 heavy (non-hydrogen) atoms. The summed E-state index contributed by atoms with van der Waals surface area (Å²) in [4.78, 5) is 0.246. The van der Waals surface area contributed by atoms with Gasteiger partial charge in [0.05, 0.1) is 4.83 Å². The summed E-state index contributed by atoms with van der Waals surface area (Å²) < 4.78 is 1.16. The van der Waals surface area contributed by atoms with E-state index < -0.39 is 0 Å². The Morgan fingerprint density at radius 1 is 0.944 bits per heavy atom. The number of hydrogen-bond donors (Lipinski definition) is 0. The van der Waals surface area contributed by atoms with Gasteiger partial charge in [-0.1, -0.05) is 67.8 Å². The summed E-state index contributed by atoms with van der Waals surface area (Å²) >= 11 is 7.43. The molecule has 2 heteroatoms. The van der Waals surface area contributed by atoms with Crippen molar-refractivity contribution in [1.29, 1.82) is 0 Å². The predicted octanol–water partition coefficient (Wildman–Crippen LogP) is 5.86. The largest absolute Gasteiger partial charge is 0.0786 e. The highest BCUT2D eigenvalue weighted by Gasteiger charge is 2.15. The zero-order valence-electron chi connectivity index (χ0n) is 10.8. The Balaban J connectivity index is 2.48. The first-order valence-electron chi connectivity index (χ1n) is 5.97. The van der Waals surface area contributed by atoms with Crippen LogP contribution >= 0.6 is 31.9 Å². The van der Waals surface area contributed by atoms with Gasteiger partial charge in [0.15, 0.2) is 0 Å². The van der Waals surface area contributed by atoms with Gasteiger partial charge in [0.1, 0.15) is 0 Å². The maximum Gasteiger partial charge on any atom is 0.0650 e. The van der Waals surface area contributed by atoms with Crippen LogP contribution in [0.25, 0.3) is 0 Å². The van der Waals surface area contributed by atoms with Crippen LogP contribution in [0.1, 0.15) is 32.6 Å². The third-order valence-corrected chi connectivity index (χ3v) is 5.13. The highest BCUT2D eigenvalue weighted by Crippen LogP contribution is 2.36. The zero-order valence-corrected chi connectivity index (χ0v) is 14.0. The van der Waals surface area contributed by atoms with Crippen molar-refractivity contribution in [2.75, 3.05) is 0 Å². The van der Waals surface area contributed by atoms with E-state index in [-0.39, 0.29) is 4.83 Å². The van der Waals surface area contributed by atoms with Crippen LogP contribution in [-0.2, 0) is 0 Å². The molecule has 2 aromatic carbocycles. The monoisotopic (exact) mass is 366 g/mol. The molecule has 0 aliphatic rings. The van der Waals surface area contributed by atoms with Crippen molar-refractivity contribution in [1.82, 2.24) is 0 Å². The van der Waals surface area contributed by atoms with E-state index in [0.717, 1.165) is 4.47 Å². The Morgan fingerprint density at radius 3 is 2.33 bits per heavy atom. The highest BCUT2D eigenvalue weighted by molar-refractivity contribution is 9.10. The second kappa shape index (κ2) is 5.58. The van der Waals surface area contributed by atoms with Crippen molar-refractivity contribution >= 4 is 31.9 Å². The van der Waals surface area contributed by atoms with Crippen LogP contribution in [0.4, 0.5) is 0 Å². The standard InChI is InChI=1S/C16H16Br2/c1-10-7-8-13(11(2)9-10)16(18)14-5-4-6-15(17)12(14)3/h4-9,16H,1-3H3. The molecule has 0 saturated heterocycles. The van der Waals surface area contributed by atoms with Crippen molar-refractivity contribution in [2.45, 2.75) is 25.6 Å². The molecule has 0 aliphatic carbocycles. The Kier molecular flexibility index (Phi) is 4.29. The van der Waals surface area contributed by atoms with Crippen LogP contribution in [0.5, 0.6) is 0 Å². The summed E-state index contributed by atoms with van der Waals surface area (Å²) in [6, 6.07) is 13.0. The summed E-state index contributed by atoms with van der Waals surface area (Å²) in [5, 5.41) is 0. The van der Waals surface area contributed by atoms with Gasteiger partial charge in [-0.2, -0.15) is 0 Å². The minimum atomic E-state index is 0.246. The van der Waals surface area contributed by atoms with Crippen LogP contribution < -0.4 is 0 Å². The van der Waals surface area contributed by atoms with Crippen molar-refractivity contribution in [3.8, 4) is 0 Å². The Labute approximate surface area is 126 Å². The third kappa shape index (κ3) is 2.70. The molecule has 1 unspecified atom stereocenters. The number of alkyl halides is 1. The number of aryl methyl sites for hydroxylation is 2. The van der Waals surface area contributed by atoms with E-state index in [1.165, 1.54) is 27.8 Å². The van der Waals surface area contributed by atoms with Gasteiger partial charge in [0.2, 0.25) is 0 Å². The lowest BCUT2D eigenvalue weighted by molar-refractivity contribution is 1.11. The maximum absolute atomic E-state index is 3.83. The van der Waals surface area contributed by atoms with Crippen molar-refractivity contribution < 1.29 is 0 Å². The molecule has 0 radical (unpaired) electrons. The van der Waals surface area contributed by atoms with Gasteiger partial charge in [0, 0.05) is 4.47 Å². The second-order valence-electron chi connectivity index (χ2n) is 4.68. The molecular formula is C16H16Br2. The van der Waals surface area contributed by atoms with Crippen LogP contribution in [0, 0.1) is 20.8 Å². The Hall–Kier alpha value is -0.600. The van der Waals surface area contributed by atoms with Crippen molar-refractivity contribution in [3.05, 3.63) is 68.7 Å². The Morgan fingerprint density at radius 2 is 1.67 bits per heavy atom. The fourth-order valence-electron chi connectivity index (χ4n) is 2.18. The Bertz CT molecular complexity index is 573. The molecule has 0 aliphatic heterocycles. The minimum absolute atomic E-state index is 0.246. The van der Waals surface area contributed by atoms with E-state index >= 15 is 0 Å². The molecule has 2 aromatic rings. The summed E-state index contributed by atoms with van der Waals surface area (Å²) in [7, 11) is 0. The van der Waals surface area contributed by atoms with Crippen molar-refractivity contribution in [2.24, 2.45) is 0 Å². The van der Waals surface area contributed by atoms with Crippen LogP contribution in [0.15, 0.2) is 40.9 Å². The number of benzene rings is 2. The molecule has 0 aromatic heterocycles. The molecule has 0 heterocycles. The lowest BCUT2D eigenvalue weighted by Gasteiger charge is -2.17.